The predicted octanol–water partition coefficient (Wildman–Crippen LogP) is 5.18. The van der Waals surface area contributed by atoms with E-state index in [2.05, 4.69) is 58.4 Å². The molecular weight excluding hydrogens is 474 g/mol. The van der Waals surface area contributed by atoms with Gasteiger partial charge in [-0.15, -0.1) is 21.5 Å². The first-order valence-electron chi connectivity index (χ1n) is 12.4. The maximum Gasteiger partial charge on any atom is 0.308 e. The van der Waals surface area contributed by atoms with E-state index in [4.69, 9.17) is 14.9 Å². The number of esters is 1. The normalized spacial score (nSPS) is 15.2. The molecule has 0 unspecified atom stereocenters. The van der Waals surface area contributed by atoms with Gasteiger partial charge in [0.1, 0.15) is 22.5 Å². The van der Waals surface area contributed by atoms with Gasteiger partial charge in [-0.25, -0.2) is 5.48 Å². The van der Waals surface area contributed by atoms with Crippen molar-refractivity contribution < 1.29 is 14.7 Å². The van der Waals surface area contributed by atoms with Gasteiger partial charge in [-0.2, -0.15) is 0 Å². The molecular formula is C27H35N5O3S. The molecule has 1 aliphatic rings. The Morgan fingerprint density at radius 2 is 1.86 bits per heavy atom. The quantitative estimate of drug-likeness (QED) is 0.246. The van der Waals surface area contributed by atoms with E-state index in [9.17, 15) is 4.79 Å². The molecule has 0 bridgehead atoms. The van der Waals surface area contributed by atoms with Crippen LogP contribution in [0.25, 0.3) is 5.00 Å². The summed E-state index contributed by atoms with van der Waals surface area (Å²) in [5.74, 6) is 1.12. The number of thiophene rings is 1. The first-order valence-corrected chi connectivity index (χ1v) is 13.2. The van der Waals surface area contributed by atoms with Crippen LogP contribution in [0.4, 0.5) is 0 Å². The Balaban J connectivity index is 1.76. The average molecular weight is 510 g/mol. The number of unbranched alkanes of at least 4 members (excludes halogenated alkanes) is 1. The van der Waals surface area contributed by atoms with E-state index in [1.165, 1.54) is 16.0 Å². The van der Waals surface area contributed by atoms with Crippen LogP contribution in [0.1, 0.15) is 84.9 Å². The Kier molecular flexibility index (Phi) is 7.73. The first-order chi connectivity index (χ1) is 17.1. The molecule has 2 N–H and O–H groups in total. The number of nitrogens with one attached hydrogen (secondary N) is 1. The van der Waals surface area contributed by atoms with E-state index in [0.717, 1.165) is 46.9 Å². The number of aryl methyl sites for hydroxylation is 3. The van der Waals surface area contributed by atoms with Gasteiger partial charge >= 0.3 is 5.97 Å². The fraction of sp³-hybridized carbons (Fsp3) is 0.481. The van der Waals surface area contributed by atoms with Crippen LogP contribution >= 0.6 is 11.3 Å². The molecule has 0 saturated heterocycles. The Morgan fingerprint density at radius 3 is 2.53 bits per heavy atom. The number of fused-ring (bicyclic) bond motifs is 3. The highest BCUT2D eigenvalue weighted by molar-refractivity contribution is 7.15. The summed E-state index contributed by atoms with van der Waals surface area (Å²) in [6.45, 7) is 12.4. The van der Waals surface area contributed by atoms with Gasteiger partial charge in [-0.3, -0.25) is 14.4 Å². The molecule has 8 nitrogen and oxygen atoms in total. The average Bonchev–Trinajstić information content (AvgIpc) is 3.28. The minimum atomic E-state index is -0.576. The number of aromatic nitrogens is 3. The lowest BCUT2D eigenvalue weighted by atomic mass is 9.97. The number of hydrogen-bond acceptors (Lipinski definition) is 8. The van der Waals surface area contributed by atoms with Crippen molar-refractivity contribution in [2.75, 3.05) is 6.54 Å². The number of carbonyl (C=O) groups excluding carboxylic acids is 1. The molecule has 0 fully saturated rings. The SMILES string of the molecule is Cc1sc2c(c1C)C(c1ccc(CCCCNO)cc1)=N[C@@H](CC(=O)OC(C)(C)C)c1nnc(C)n1-2. The second-order valence-corrected chi connectivity index (χ2v) is 11.5. The van der Waals surface area contributed by atoms with Crippen LogP contribution in [0.3, 0.4) is 0 Å². The van der Waals surface area contributed by atoms with E-state index in [1.54, 1.807) is 11.3 Å². The minimum absolute atomic E-state index is 0.0862. The first kappa shape index (κ1) is 26.2. The molecule has 36 heavy (non-hydrogen) atoms. The van der Waals surface area contributed by atoms with Crippen LogP contribution in [0.2, 0.25) is 0 Å². The molecule has 1 atom stereocenters. The summed E-state index contributed by atoms with van der Waals surface area (Å²) in [5, 5.41) is 18.6. The van der Waals surface area contributed by atoms with Gasteiger partial charge < -0.3 is 9.94 Å². The van der Waals surface area contributed by atoms with Gasteiger partial charge in [0.2, 0.25) is 0 Å². The summed E-state index contributed by atoms with van der Waals surface area (Å²) in [4.78, 5) is 19.2. The van der Waals surface area contributed by atoms with Gasteiger partial charge in [-0.05, 0) is 71.9 Å². The number of rotatable bonds is 8. The molecule has 192 valence electrons. The highest BCUT2D eigenvalue weighted by atomic mass is 32.1. The molecule has 9 heteroatoms. The molecule has 3 aromatic rings. The number of carbonyl (C=O) groups is 1. The fourth-order valence-electron chi connectivity index (χ4n) is 4.43. The summed E-state index contributed by atoms with van der Waals surface area (Å²) in [6.07, 6.45) is 2.93. The van der Waals surface area contributed by atoms with Gasteiger partial charge in [0, 0.05) is 22.5 Å². The summed E-state index contributed by atoms with van der Waals surface area (Å²) in [7, 11) is 0. The Labute approximate surface area is 216 Å². The van der Waals surface area contributed by atoms with Crippen LogP contribution in [0, 0.1) is 20.8 Å². The van der Waals surface area contributed by atoms with Crippen molar-refractivity contribution in [2.24, 2.45) is 4.99 Å². The second kappa shape index (κ2) is 10.6. The van der Waals surface area contributed by atoms with Gasteiger partial charge in [0.05, 0.1) is 12.1 Å². The third kappa shape index (κ3) is 5.58. The molecule has 4 rings (SSSR count). The molecule has 0 radical (unpaired) electrons. The topological polar surface area (TPSA) is 102 Å². The maximum atomic E-state index is 12.9. The minimum Gasteiger partial charge on any atom is -0.460 e. The number of hydroxylamine groups is 1. The zero-order valence-electron chi connectivity index (χ0n) is 21.9. The van der Waals surface area contributed by atoms with Crippen molar-refractivity contribution in [3.05, 3.63) is 63.0 Å². The lowest BCUT2D eigenvalue weighted by molar-refractivity contribution is -0.155. The third-order valence-corrected chi connectivity index (χ3v) is 7.44. The number of benzene rings is 1. The number of aliphatic imine (C=N–C) groups is 1. The number of ether oxygens (including phenoxy) is 1. The van der Waals surface area contributed by atoms with E-state index in [1.807, 2.05) is 27.7 Å². The van der Waals surface area contributed by atoms with Crippen LogP contribution in [-0.4, -0.2) is 43.8 Å². The number of hydrogen-bond donors (Lipinski definition) is 2. The predicted molar refractivity (Wildman–Crippen MR) is 141 cm³/mol. The van der Waals surface area contributed by atoms with Crippen molar-refractivity contribution in [1.82, 2.24) is 20.2 Å². The van der Waals surface area contributed by atoms with Crippen molar-refractivity contribution in [1.29, 1.82) is 0 Å². The van der Waals surface area contributed by atoms with E-state index in [0.29, 0.717) is 12.4 Å². The van der Waals surface area contributed by atoms with Crippen molar-refractivity contribution in [3.8, 4) is 5.00 Å². The Hall–Kier alpha value is -2.88. The maximum absolute atomic E-state index is 12.9. The molecule has 0 amide bonds. The molecule has 3 heterocycles. The summed E-state index contributed by atoms with van der Waals surface area (Å²) in [6, 6.07) is 7.98. The van der Waals surface area contributed by atoms with E-state index < -0.39 is 11.6 Å². The van der Waals surface area contributed by atoms with Crippen molar-refractivity contribution >= 4 is 23.0 Å². The largest absolute Gasteiger partial charge is 0.460 e. The lowest BCUT2D eigenvalue weighted by Crippen LogP contribution is -2.25. The second-order valence-electron chi connectivity index (χ2n) is 10.3. The van der Waals surface area contributed by atoms with Crippen LogP contribution in [0.15, 0.2) is 29.3 Å². The molecule has 1 aromatic carbocycles. The molecule has 0 spiro atoms. The summed E-state index contributed by atoms with van der Waals surface area (Å²) < 4.78 is 7.68. The zero-order valence-corrected chi connectivity index (χ0v) is 22.7. The smallest absolute Gasteiger partial charge is 0.308 e. The van der Waals surface area contributed by atoms with Crippen LogP contribution in [0.5, 0.6) is 0 Å². The monoisotopic (exact) mass is 509 g/mol. The number of nitrogens with zero attached hydrogens (tertiary/aromatic N) is 4. The van der Waals surface area contributed by atoms with Gasteiger partial charge in [0.25, 0.3) is 0 Å². The third-order valence-electron chi connectivity index (χ3n) is 6.25. The molecule has 1 aliphatic heterocycles. The standard InChI is InChI=1S/C27H35N5O3S/c1-16-17(2)36-26-23(16)24(20-12-10-19(11-13-20)9-7-8-14-28-34)29-21(15-22(33)35-27(4,5)6)25-31-30-18(3)32(25)26/h10-13,21,28,34H,7-9,14-15H2,1-6H3/t21-/m0/s1. The highest BCUT2D eigenvalue weighted by Gasteiger charge is 2.33. The van der Waals surface area contributed by atoms with Crippen LogP contribution in [-0.2, 0) is 16.0 Å². The van der Waals surface area contributed by atoms with Gasteiger partial charge in [0.15, 0.2) is 5.82 Å². The fourth-order valence-corrected chi connectivity index (χ4v) is 5.64. The van der Waals surface area contributed by atoms with Crippen molar-refractivity contribution in [3.63, 3.8) is 0 Å². The lowest BCUT2D eigenvalue weighted by Gasteiger charge is -2.21. The van der Waals surface area contributed by atoms with Crippen LogP contribution < -0.4 is 5.48 Å². The Bertz CT molecular complexity index is 1270. The van der Waals surface area contributed by atoms with Crippen molar-refractivity contribution in [2.45, 2.75) is 78.9 Å². The molecule has 2 aromatic heterocycles. The summed E-state index contributed by atoms with van der Waals surface area (Å²) in [5.41, 5.74) is 6.97. The Morgan fingerprint density at radius 1 is 1.14 bits per heavy atom. The molecule has 0 aliphatic carbocycles. The van der Waals surface area contributed by atoms with E-state index in [-0.39, 0.29) is 12.4 Å². The van der Waals surface area contributed by atoms with E-state index >= 15 is 0 Å². The summed E-state index contributed by atoms with van der Waals surface area (Å²) >= 11 is 1.70. The highest BCUT2D eigenvalue weighted by Crippen LogP contribution is 2.39. The molecule has 0 saturated carbocycles. The zero-order chi connectivity index (χ0) is 26.0. The van der Waals surface area contributed by atoms with Gasteiger partial charge in [-0.1, -0.05) is 24.3 Å².